The third-order valence-electron chi connectivity index (χ3n) is 0.222. The standard InChI is InChI=1S/CH2BrF2O4P/c2-1(3,4)8-9(5,6)7/h(H2,5,6,7). The van der Waals surface area contributed by atoms with Gasteiger partial charge in [0, 0.05) is 15.9 Å². The predicted molar refractivity (Wildman–Crippen MR) is 27.0 cm³/mol. The number of phosphoric ester groups is 1. The highest BCUT2D eigenvalue weighted by atomic mass is 79.9. The molecule has 0 aliphatic rings. The first-order valence-corrected chi connectivity index (χ1v) is 3.86. The molecular weight excluding hydrogens is 225 g/mol. The lowest BCUT2D eigenvalue weighted by Crippen LogP contribution is -2.08. The van der Waals surface area contributed by atoms with Crippen molar-refractivity contribution in [1.29, 1.82) is 0 Å². The van der Waals surface area contributed by atoms with Gasteiger partial charge < -0.3 is 9.79 Å². The van der Waals surface area contributed by atoms with Gasteiger partial charge in [-0.3, -0.25) is 0 Å². The SMILES string of the molecule is O=P(O)(O)OC(F)(F)Br. The van der Waals surface area contributed by atoms with E-state index < -0.39 is 12.8 Å². The number of phosphoric acid groups is 1. The Morgan fingerprint density at radius 1 is 1.56 bits per heavy atom. The summed E-state index contributed by atoms with van der Waals surface area (Å²) >= 11 is 1.57. The lowest BCUT2D eigenvalue weighted by Gasteiger charge is -2.08. The molecule has 8 heteroatoms. The van der Waals surface area contributed by atoms with Gasteiger partial charge >= 0.3 is 12.8 Å². The minimum Gasteiger partial charge on any atom is -0.302 e. The predicted octanol–water partition coefficient (Wildman–Crippen LogP) is 1.04. The highest BCUT2D eigenvalue weighted by Crippen LogP contribution is 2.44. The molecule has 0 saturated heterocycles. The smallest absolute Gasteiger partial charge is 0.302 e. The molecule has 0 heterocycles. The molecule has 0 bridgehead atoms. The summed E-state index contributed by atoms with van der Waals surface area (Å²) in [4.78, 5) is 15.5. The monoisotopic (exact) mass is 226 g/mol. The summed E-state index contributed by atoms with van der Waals surface area (Å²) in [5, 5.41) is -3.97. The van der Waals surface area contributed by atoms with Crippen LogP contribution in [0.3, 0.4) is 0 Å². The first-order valence-electron chi connectivity index (χ1n) is 1.54. The van der Waals surface area contributed by atoms with Crippen LogP contribution in [0.2, 0.25) is 0 Å². The third kappa shape index (κ3) is 8.45. The topological polar surface area (TPSA) is 66.8 Å². The van der Waals surface area contributed by atoms with Crippen LogP contribution < -0.4 is 0 Å². The summed E-state index contributed by atoms with van der Waals surface area (Å²) in [5.41, 5.74) is 0. The van der Waals surface area contributed by atoms with E-state index in [1.54, 1.807) is 15.9 Å². The number of hydrogen-bond acceptors (Lipinski definition) is 2. The van der Waals surface area contributed by atoms with E-state index in [9.17, 15) is 13.3 Å². The van der Waals surface area contributed by atoms with Crippen LogP contribution in [0.4, 0.5) is 8.78 Å². The molecule has 0 rings (SSSR count). The zero-order valence-electron chi connectivity index (χ0n) is 3.79. The average Bonchev–Trinajstić information content (AvgIpc) is 1.14. The van der Waals surface area contributed by atoms with Gasteiger partial charge in [-0.2, -0.15) is 8.78 Å². The van der Waals surface area contributed by atoms with Gasteiger partial charge in [-0.15, -0.1) is 0 Å². The summed E-state index contributed by atoms with van der Waals surface area (Å²) in [6.07, 6.45) is 0. The first kappa shape index (κ1) is 9.45. The fraction of sp³-hybridized carbons (Fsp3) is 1.00. The number of hydrogen-bond donors (Lipinski definition) is 2. The Morgan fingerprint density at radius 3 is 1.89 bits per heavy atom. The van der Waals surface area contributed by atoms with Crippen molar-refractivity contribution < 1.29 is 27.7 Å². The summed E-state index contributed by atoms with van der Waals surface area (Å²) in [6.45, 7) is 0. The molecular formula is CH2BrF2O4P. The minimum atomic E-state index is -5.08. The largest absolute Gasteiger partial charge is 0.475 e. The normalized spacial score (nSPS) is 13.9. The number of alkyl halides is 3. The van der Waals surface area contributed by atoms with Crippen molar-refractivity contribution in [3.63, 3.8) is 0 Å². The van der Waals surface area contributed by atoms with Crippen molar-refractivity contribution in [3.8, 4) is 0 Å². The van der Waals surface area contributed by atoms with Gasteiger partial charge in [0.25, 0.3) is 0 Å². The molecule has 0 amide bonds. The Morgan fingerprint density at radius 2 is 1.89 bits per heavy atom. The van der Waals surface area contributed by atoms with Gasteiger partial charge in [0.15, 0.2) is 0 Å². The van der Waals surface area contributed by atoms with Gasteiger partial charge in [-0.05, 0) is 0 Å². The van der Waals surface area contributed by atoms with Gasteiger partial charge in [-0.25, -0.2) is 9.09 Å². The second-order valence-corrected chi connectivity index (χ2v) is 3.11. The summed E-state index contributed by atoms with van der Waals surface area (Å²) in [6, 6.07) is 0. The van der Waals surface area contributed by atoms with E-state index in [2.05, 4.69) is 4.52 Å². The van der Waals surface area contributed by atoms with E-state index in [0.29, 0.717) is 0 Å². The molecule has 0 aromatic carbocycles. The maximum absolute atomic E-state index is 11.4. The fourth-order valence-electron chi connectivity index (χ4n) is 0.135. The average molecular weight is 227 g/mol. The molecule has 0 aromatic rings. The highest BCUT2D eigenvalue weighted by molar-refractivity contribution is 9.09. The van der Waals surface area contributed by atoms with Crippen LogP contribution in [0.15, 0.2) is 0 Å². The molecule has 0 atom stereocenters. The van der Waals surface area contributed by atoms with Crippen LogP contribution in [-0.4, -0.2) is 14.8 Å². The number of rotatable bonds is 2. The van der Waals surface area contributed by atoms with E-state index in [0.717, 1.165) is 0 Å². The molecule has 0 spiro atoms. The van der Waals surface area contributed by atoms with Crippen molar-refractivity contribution in [1.82, 2.24) is 0 Å². The molecule has 0 aliphatic heterocycles. The van der Waals surface area contributed by atoms with Gasteiger partial charge in [0.05, 0.1) is 0 Å². The van der Waals surface area contributed by atoms with E-state index in [1.807, 2.05) is 0 Å². The van der Waals surface area contributed by atoms with Gasteiger partial charge in [-0.1, -0.05) is 0 Å². The Balaban J connectivity index is 3.90. The van der Waals surface area contributed by atoms with E-state index >= 15 is 0 Å². The van der Waals surface area contributed by atoms with Crippen LogP contribution in [0.5, 0.6) is 0 Å². The highest BCUT2D eigenvalue weighted by Gasteiger charge is 2.34. The Bertz CT molecular complexity index is 136. The maximum Gasteiger partial charge on any atom is 0.475 e. The third-order valence-corrected chi connectivity index (χ3v) is 1.10. The van der Waals surface area contributed by atoms with E-state index in [4.69, 9.17) is 9.79 Å². The molecule has 0 fully saturated rings. The molecule has 2 N–H and O–H groups in total. The Labute approximate surface area is 57.2 Å². The molecule has 0 aromatic heterocycles. The second-order valence-electron chi connectivity index (χ2n) is 1.03. The zero-order chi connectivity index (χ0) is 7.71. The number of halogens is 3. The minimum absolute atomic E-state index is 1.57. The van der Waals surface area contributed by atoms with Crippen LogP contribution in [0.1, 0.15) is 0 Å². The molecule has 4 nitrogen and oxygen atoms in total. The molecule has 9 heavy (non-hydrogen) atoms. The first-order chi connectivity index (χ1) is 3.71. The van der Waals surface area contributed by atoms with Crippen molar-refractivity contribution in [3.05, 3.63) is 0 Å². The Hall–Kier alpha value is 0.450. The van der Waals surface area contributed by atoms with Crippen molar-refractivity contribution in [2.24, 2.45) is 0 Å². The summed E-state index contributed by atoms with van der Waals surface area (Å²) < 4.78 is 35.3. The molecule has 56 valence electrons. The zero-order valence-corrected chi connectivity index (χ0v) is 6.27. The quantitative estimate of drug-likeness (QED) is 0.546. The van der Waals surface area contributed by atoms with Crippen molar-refractivity contribution in [2.75, 3.05) is 0 Å². The lowest BCUT2D eigenvalue weighted by molar-refractivity contribution is -0.0952. The molecule has 0 radical (unpaired) electrons. The van der Waals surface area contributed by atoms with E-state index in [-0.39, 0.29) is 0 Å². The van der Waals surface area contributed by atoms with Gasteiger partial charge in [0.2, 0.25) is 0 Å². The van der Waals surface area contributed by atoms with Crippen LogP contribution in [0, 0.1) is 0 Å². The van der Waals surface area contributed by atoms with Crippen molar-refractivity contribution in [2.45, 2.75) is 5.02 Å². The lowest BCUT2D eigenvalue weighted by atomic mass is 11.5. The Kier molecular flexibility index (Phi) is 2.72. The van der Waals surface area contributed by atoms with Gasteiger partial charge in [0.1, 0.15) is 0 Å². The molecule has 0 aliphatic carbocycles. The second kappa shape index (κ2) is 2.59. The maximum atomic E-state index is 11.4. The summed E-state index contributed by atoms with van der Waals surface area (Å²) in [5.74, 6) is 0. The van der Waals surface area contributed by atoms with Crippen LogP contribution in [0.25, 0.3) is 0 Å². The van der Waals surface area contributed by atoms with Crippen LogP contribution >= 0.6 is 23.8 Å². The molecule has 0 unspecified atom stereocenters. The summed E-state index contributed by atoms with van der Waals surface area (Å²) in [7, 11) is -5.08. The fourth-order valence-corrected chi connectivity index (χ4v) is 0.970. The van der Waals surface area contributed by atoms with E-state index in [1.165, 1.54) is 0 Å². The van der Waals surface area contributed by atoms with Crippen LogP contribution in [-0.2, 0) is 9.09 Å². The molecule has 0 saturated carbocycles. The van der Waals surface area contributed by atoms with Crippen molar-refractivity contribution >= 4 is 23.8 Å².